The number of benzene rings is 2. The molecule has 5 heteroatoms. The summed E-state index contributed by atoms with van der Waals surface area (Å²) in [6, 6.07) is 11.0. The van der Waals surface area contributed by atoms with Crippen molar-refractivity contribution in [2.45, 2.75) is 13.1 Å². The van der Waals surface area contributed by atoms with Gasteiger partial charge in [0.15, 0.2) is 11.6 Å². The molecule has 2 aromatic carbocycles. The lowest BCUT2D eigenvalue weighted by Crippen LogP contribution is -2.18. The van der Waals surface area contributed by atoms with Gasteiger partial charge in [-0.1, -0.05) is 12.1 Å². The molecule has 22 heavy (non-hydrogen) atoms. The molecule has 2 aromatic rings. The fourth-order valence-electron chi connectivity index (χ4n) is 2.21. The Morgan fingerprint density at radius 2 is 1.86 bits per heavy atom. The maximum Gasteiger partial charge on any atom is 0.165 e. The Bertz CT molecular complexity index is 710. The zero-order chi connectivity index (χ0) is 16.1. The average molecular weight is 302 g/mol. The van der Waals surface area contributed by atoms with E-state index in [2.05, 4.69) is 0 Å². The molecule has 0 heterocycles. The topological polar surface area (TPSA) is 36.3 Å². The highest BCUT2D eigenvalue weighted by Crippen LogP contribution is 2.19. The molecule has 0 atom stereocenters. The minimum atomic E-state index is -0.419. The third-order valence-corrected chi connectivity index (χ3v) is 3.29. The van der Waals surface area contributed by atoms with Crippen LogP contribution in [0, 0.1) is 23.0 Å². The molecular weight excluding hydrogens is 286 g/mol. The molecule has 0 amide bonds. The molecular formula is C17H16F2N2O. The van der Waals surface area contributed by atoms with Gasteiger partial charge in [-0.2, -0.15) is 5.26 Å². The molecule has 0 radical (unpaired) electrons. The van der Waals surface area contributed by atoms with E-state index in [4.69, 9.17) is 10.00 Å². The number of nitriles is 1. The number of methoxy groups -OCH3 is 1. The standard InChI is InChI=1S/C17H16F2N2O/c1-21(10-13-4-6-17(22-2)16(19)8-13)11-14-5-3-12(9-20)7-15(14)18/h3-8H,10-11H2,1-2H3. The maximum absolute atomic E-state index is 13.8. The summed E-state index contributed by atoms with van der Waals surface area (Å²) in [6.07, 6.45) is 0. The first-order chi connectivity index (χ1) is 10.5. The van der Waals surface area contributed by atoms with Gasteiger partial charge in [0.1, 0.15) is 5.82 Å². The quantitative estimate of drug-likeness (QED) is 0.848. The van der Waals surface area contributed by atoms with E-state index in [-0.39, 0.29) is 5.75 Å². The Kier molecular flexibility index (Phi) is 5.08. The Morgan fingerprint density at radius 3 is 2.45 bits per heavy atom. The lowest BCUT2D eigenvalue weighted by molar-refractivity contribution is 0.312. The van der Waals surface area contributed by atoms with Crippen LogP contribution < -0.4 is 4.74 Å². The summed E-state index contributed by atoms with van der Waals surface area (Å²) in [5.74, 6) is -0.630. The Balaban J connectivity index is 2.05. The van der Waals surface area contributed by atoms with Gasteiger partial charge in [0, 0.05) is 18.7 Å². The third-order valence-electron chi connectivity index (χ3n) is 3.29. The van der Waals surface area contributed by atoms with Crippen molar-refractivity contribution >= 4 is 0 Å². The third kappa shape index (κ3) is 3.80. The second-order valence-corrected chi connectivity index (χ2v) is 5.06. The summed E-state index contributed by atoms with van der Waals surface area (Å²) in [4.78, 5) is 1.87. The average Bonchev–Trinajstić information content (AvgIpc) is 2.49. The molecule has 0 bridgehead atoms. The van der Waals surface area contributed by atoms with Crippen molar-refractivity contribution in [3.8, 4) is 11.8 Å². The van der Waals surface area contributed by atoms with Gasteiger partial charge in [-0.05, 0) is 36.9 Å². The molecule has 0 aliphatic rings. The number of nitrogens with zero attached hydrogens (tertiary/aromatic N) is 2. The molecule has 2 rings (SSSR count). The van der Waals surface area contributed by atoms with Gasteiger partial charge in [0.25, 0.3) is 0 Å². The van der Waals surface area contributed by atoms with Crippen molar-refractivity contribution in [2.75, 3.05) is 14.2 Å². The van der Waals surface area contributed by atoms with E-state index in [1.165, 1.54) is 19.2 Å². The SMILES string of the molecule is COc1ccc(CN(C)Cc2ccc(C#N)cc2F)cc1F. The first kappa shape index (κ1) is 15.9. The van der Waals surface area contributed by atoms with Crippen molar-refractivity contribution in [1.82, 2.24) is 4.90 Å². The Hall–Kier alpha value is -2.45. The van der Waals surface area contributed by atoms with Crippen LogP contribution in [-0.4, -0.2) is 19.1 Å². The van der Waals surface area contributed by atoms with Gasteiger partial charge in [-0.15, -0.1) is 0 Å². The summed E-state index contributed by atoms with van der Waals surface area (Å²) in [7, 11) is 3.23. The van der Waals surface area contributed by atoms with Gasteiger partial charge in [0.2, 0.25) is 0 Å². The number of ether oxygens (including phenoxy) is 1. The minimum absolute atomic E-state index is 0.199. The second kappa shape index (κ2) is 7.01. The van der Waals surface area contributed by atoms with Crippen LogP contribution in [-0.2, 0) is 13.1 Å². The fraction of sp³-hybridized carbons (Fsp3) is 0.235. The summed E-state index contributed by atoms with van der Waals surface area (Å²) >= 11 is 0. The van der Waals surface area contributed by atoms with Gasteiger partial charge in [-0.25, -0.2) is 8.78 Å². The second-order valence-electron chi connectivity index (χ2n) is 5.06. The molecule has 0 aliphatic carbocycles. The highest BCUT2D eigenvalue weighted by atomic mass is 19.1. The van der Waals surface area contributed by atoms with E-state index >= 15 is 0 Å². The van der Waals surface area contributed by atoms with E-state index in [0.717, 1.165) is 5.56 Å². The molecule has 0 aliphatic heterocycles. The Morgan fingerprint density at radius 1 is 1.09 bits per heavy atom. The van der Waals surface area contributed by atoms with Crippen LogP contribution in [0.15, 0.2) is 36.4 Å². The highest BCUT2D eigenvalue weighted by Gasteiger charge is 2.09. The molecule has 0 unspecified atom stereocenters. The van der Waals surface area contributed by atoms with Crippen LogP contribution in [0.4, 0.5) is 8.78 Å². The van der Waals surface area contributed by atoms with Gasteiger partial charge in [0.05, 0.1) is 18.7 Å². The van der Waals surface area contributed by atoms with E-state index in [1.54, 1.807) is 24.3 Å². The van der Waals surface area contributed by atoms with E-state index in [1.807, 2.05) is 18.0 Å². The summed E-state index contributed by atoms with van der Waals surface area (Å²) in [5, 5.41) is 8.73. The summed E-state index contributed by atoms with van der Waals surface area (Å²) < 4.78 is 32.4. The van der Waals surface area contributed by atoms with E-state index < -0.39 is 11.6 Å². The molecule has 0 aromatic heterocycles. The van der Waals surface area contributed by atoms with Crippen LogP contribution in [0.2, 0.25) is 0 Å². The Labute approximate surface area is 128 Å². The molecule has 0 saturated carbocycles. The molecule has 0 fully saturated rings. The van der Waals surface area contributed by atoms with Crippen molar-refractivity contribution in [3.63, 3.8) is 0 Å². The van der Waals surface area contributed by atoms with Crippen LogP contribution in [0.25, 0.3) is 0 Å². The molecule has 3 nitrogen and oxygen atoms in total. The maximum atomic E-state index is 13.8. The largest absolute Gasteiger partial charge is 0.494 e. The highest BCUT2D eigenvalue weighted by molar-refractivity contribution is 5.33. The predicted molar refractivity (Wildman–Crippen MR) is 79.2 cm³/mol. The lowest BCUT2D eigenvalue weighted by atomic mass is 10.1. The first-order valence-corrected chi connectivity index (χ1v) is 6.73. The first-order valence-electron chi connectivity index (χ1n) is 6.73. The minimum Gasteiger partial charge on any atom is -0.494 e. The predicted octanol–water partition coefficient (Wildman–Crippen LogP) is 3.48. The zero-order valence-electron chi connectivity index (χ0n) is 12.4. The normalized spacial score (nSPS) is 10.5. The van der Waals surface area contributed by atoms with Gasteiger partial charge >= 0.3 is 0 Å². The van der Waals surface area contributed by atoms with Crippen molar-refractivity contribution in [3.05, 3.63) is 64.7 Å². The molecule has 0 spiro atoms. The zero-order valence-corrected chi connectivity index (χ0v) is 12.4. The smallest absolute Gasteiger partial charge is 0.165 e. The lowest BCUT2D eigenvalue weighted by Gasteiger charge is -2.17. The van der Waals surface area contributed by atoms with Gasteiger partial charge < -0.3 is 4.74 Å². The number of hydrogen-bond donors (Lipinski definition) is 0. The summed E-state index contributed by atoms with van der Waals surface area (Å²) in [6.45, 7) is 0.839. The van der Waals surface area contributed by atoms with Crippen LogP contribution in [0.3, 0.4) is 0 Å². The monoisotopic (exact) mass is 302 g/mol. The van der Waals surface area contributed by atoms with E-state index in [0.29, 0.717) is 24.2 Å². The van der Waals surface area contributed by atoms with Crippen LogP contribution in [0.5, 0.6) is 5.75 Å². The number of halogens is 2. The fourth-order valence-corrected chi connectivity index (χ4v) is 2.21. The van der Waals surface area contributed by atoms with Crippen molar-refractivity contribution in [1.29, 1.82) is 5.26 Å². The van der Waals surface area contributed by atoms with Crippen LogP contribution >= 0.6 is 0 Å². The molecule has 0 N–H and O–H groups in total. The van der Waals surface area contributed by atoms with Crippen LogP contribution in [0.1, 0.15) is 16.7 Å². The van der Waals surface area contributed by atoms with Gasteiger partial charge in [-0.3, -0.25) is 4.90 Å². The van der Waals surface area contributed by atoms with E-state index in [9.17, 15) is 8.78 Å². The number of rotatable bonds is 5. The molecule has 114 valence electrons. The van der Waals surface area contributed by atoms with Crippen molar-refractivity contribution < 1.29 is 13.5 Å². The molecule has 0 saturated heterocycles. The van der Waals surface area contributed by atoms with Crippen molar-refractivity contribution in [2.24, 2.45) is 0 Å². The number of hydrogen-bond acceptors (Lipinski definition) is 3. The summed E-state index contributed by atoms with van der Waals surface area (Å²) in [5.41, 5.74) is 1.56.